The predicted octanol–water partition coefficient (Wildman–Crippen LogP) is 0.522. The zero-order valence-corrected chi connectivity index (χ0v) is 10.7. The summed E-state index contributed by atoms with van der Waals surface area (Å²) in [5, 5.41) is 0. The van der Waals surface area contributed by atoms with Crippen LogP contribution in [0.5, 0.6) is 0 Å². The normalized spacial score (nSPS) is 11.9. The number of nitrogens with one attached hydrogen (secondary N) is 1. The lowest BCUT2D eigenvalue weighted by molar-refractivity contribution is 0.153. The third-order valence-corrected chi connectivity index (χ3v) is 4.91. The van der Waals surface area contributed by atoms with E-state index in [2.05, 4.69) is 4.72 Å². The number of ether oxygens (including phenoxy) is 1. The zero-order valence-electron chi connectivity index (χ0n) is 9.10. The fourth-order valence-corrected chi connectivity index (χ4v) is 3.37. The number of thiophene rings is 1. The first-order valence-corrected chi connectivity index (χ1v) is 7.26. The van der Waals surface area contributed by atoms with Crippen LogP contribution in [0.15, 0.2) is 16.3 Å². The summed E-state index contributed by atoms with van der Waals surface area (Å²) in [6.45, 7) is 3.47. The minimum absolute atomic E-state index is 0.284. The molecule has 0 unspecified atom stereocenters. The van der Waals surface area contributed by atoms with Crippen LogP contribution in [-0.4, -0.2) is 28.2 Å². The van der Waals surface area contributed by atoms with Gasteiger partial charge in [-0.3, -0.25) is 0 Å². The highest BCUT2D eigenvalue weighted by Crippen LogP contribution is 2.20. The molecule has 92 valence electrons. The number of hydrogen-bond donors (Lipinski definition) is 2. The molecular formula is C9H16N2O3S2. The van der Waals surface area contributed by atoms with Crippen molar-refractivity contribution in [1.82, 2.24) is 4.72 Å². The van der Waals surface area contributed by atoms with Crippen LogP contribution in [0.2, 0.25) is 0 Å². The predicted molar refractivity (Wildman–Crippen MR) is 63.9 cm³/mol. The van der Waals surface area contributed by atoms with Crippen LogP contribution < -0.4 is 10.5 Å². The van der Waals surface area contributed by atoms with Crippen molar-refractivity contribution in [1.29, 1.82) is 0 Å². The topological polar surface area (TPSA) is 81.4 Å². The van der Waals surface area contributed by atoms with Gasteiger partial charge in [0.2, 0.25) is 10.0 Å². The van der Waals surface area contributed by atoms with Crippen LogP contribution in [-0.2, 0) is 21.3 Å². The van der Waals surface area contributed by atoms with E-state index >= 15 is 0 Å². The Morgan fingerprint density at radius 1 is 1.50 bits per heavy atom. The van der Waals surface area contributed by atoms with Crippen LogP contribution >= 0.6 is 11.3 Å². The second-order valence-electron chi connectivity index (χ2n) is 3.02. The Morgan fingerprint density at radius 2 is 2.25 bits per heavy atom. The molecule has 0 radical (unpaired) electrons. The van der Waals surface area contributed by atoms with Crippen molar-refractivity contribution in [2.75, 3.05) is 19.8 Å². The van der Waals surface area contributed by atoms with Gasteiger partial charge in [-0.05, 0) is 19.1 Å². The van der Waals surface area contributed by atoms with Crippen molar-refractivity contribution in [3.8, 4) is 0 Å². The van der Waals surface area contributed by atoms with Gasteiger partial charge in [-0.2, -0.15) is 0 Å². The molecule has 5 nitrogen and oxygen atoms in total. The molecule has 1 aromatic heterocycles. The molecule has 16 heavy (non-hydrogen) atoms. The number of nitrogens with two attached hydrogens (primary N) is 1. The fraction of sp³-hybridized carbons (Fsp3) is 0.556. The molecule has 7 heteroatoms. The first kappa shape index (κ1) is 13.6. The van der Waals surface area contributed by atoms with Crippen molar-refractivity contribution >= 4 is 21.4 Å². The van der Waals surface area contributed by atoms with Gasteiger partial charge in [-0.25, -0.2) is 13.1 Å². The molecule has 0 spiro atoms. The van der Waals surface area contributed by atoms with Gasteiger partial charge in [0.25, 0.3) is 0 Å². The van der Waals surface area contributed by atoms with Crippen LogP contribution in [0.1, 0.15) is 11.8 Å². The smallest absolute Gasteiger partial charge is 0.250 e. The fourth-order valence-electron chi connectivity index (χ4n) is 1.08. The summed E-state index contributed by atoms with van der Waals surface area (Å²) >= 11 is 1.19. The number of hydrogen-bond acceptors (Lipinski definition) is 5. The first-order chi connectivity index (χ1) is 7.60. The van der Waals surface area contributed by atoms with E-state index in [1.807, 2.05) is 6.92 Å². The molecule has 3 N–H and O–H groups in total. The summed E-state index contributed by atoms with van der Waals surface area (Å²) in [4.78, 5) is 0.852. The van der Waals surface area contributed by atoms with Crippen LogP contribution in [0.3, 0.4) is 0 Å². The Labute approximate surface area is 99.7 Å². The lowest BCUT2D eigenvalue weighted by atomic mass is 10.5. The molecular weight excluding hydrogens is 248 g/mol. The van der Waals surface area contributed by atoms with E-state index in [1.165, 1.54) is 11.3 Å². The maximum atomic E-state index is 11.7. The van der Waals surface area contributed by atoms with Crippen molar-refractivity contribution in [2.24, 2.45) is 5.73 Å². The average molecular weight is 264 g/mol. The molecule has 1 aromatic rings. The third-order valence-electron chi connectivity index (χ3n) is 1.85. The van der Waals surface area contributed by atoms with Gasteiger partial charge in [-0.1, -0.05) is 0 Å². The maximum Gasteiger partial charge on any atom is 0.250 e. The van der Waals surface area contributed by atoms with Gasteiger partial charge in [0, 0.05) is 24.6 Å². The van der Waals surface area contributed by atoms with Gasteiger partial charge in [0.1, 0.15) is 4.21 Å². The Bertz CT molecular complexity index is 414. The molecule has 1 rings (SSSR count). The third kappa shape index (κ3) is 3.84. The van der Waals surface area contributed by atoms with E-state index < -0.39 is 10.0 Å². The Balaban J connectivity index is 2.56. The second-order valence-corrected chi connectivity index (χ2v) is 6.18. The summed E-state index contributed by atoms with van der Waals surface area (Å²) in [6, 6.07) is 3.29. The van der Waals surface area contributed by atoms with E-state index in [1.54, 1.807) is 12.1 Å². The molecule has 0 saturated heterocycles. The van der Waals surface area contributed by atoms with Crippen LogP contribution in [0, 0.1) is 0 Å². The Morgan fingerprint density at radius 3 is 2.81 bits per heavy atom. The zero-order chi connectivity index (χ0) is 12.0. The van der Waals surface area contributed by atoms with Crippen molar-refractivity contribution < 1.29 is 13.2 Å². The first-order valence-electron chi connectivity index (χ1n) is 4.96. The minimum atomic E-state index is -3.40. The van der Waals surface area contributed by atoms with Crippen LogP contribution in [0.4, 0.5) is 0 Å². The minimum Gasteiger partial charge on any atom is -0.380 e. The van der Waals surface area contributed by atoms with Crippen molar-refractivity contribution in [3.63, 3.8) is 0 Å². The van der Waals surface area contributed by atoms with E-state index in [4.69, 9.17) is 10.5 Å². The average Bonchev–Trinajstić information content (AvgIpc) is 2.73. The molecule has 0 amide bonds. The van der Waals surface area contributed by atoms with E-state index in [-0.39, 0.29) is 6.54 Å². The molecule has 0 aromatic carbocycles. The summed E-state index contributed by atoms with van der Waals surface area (Å²) in [5.41, 5.74) is 5.42. The highest BCUT2D eigenvalue weighted by atomic mass is 32.2. The number of rotatable bonds is 7. The molecule has 0 saturated carbocycles. The van der Waals surface area contributed by atoms with E-state index in [9.17, 15) is 8.42 Å². The Kier molecular flexibility index (Phi) is 5.36. The molecule has 1 heterocycles. The van der Waals surface area contributed by atoms with E-state index in [0.717, 1.165) is 4.88 Å². The molecule has 0 fully saturated rings. The van der Waals surface area contributed by atoms with E-state index in [0.29, 0.717) is 24.0 Å². The standard InChI is InChI=1S/C9H16N2O3S2/c1-2-14-6-5-11-16(12,13)9-4-3-8(7-10)15-9/h3-4,11H,2,5-7,10H2,1H3. The van der Waals surface area contributed by atoms with Gasteiger partial charge in [-0.15, -0.1) is 11.3 Å². The monoisotopic (exact) mass is 264 g/mol. The summed E-state index contributed by atoms with van der Waals surface area (Å²) in [6.07, 6.45) is 0. The van der Waals surface area contributed by atoms with Crippen molar-refractivity contribution in [3.05, 3.63) is 17.0 Å². The van der Waals surface area contributed by atoms with Gasteiger partial charge in [0.15, 0.2) is 0 Å². The molecule has 0 atom stereocenters. The lowest BCUT2D eigenvalue weighted by Gasteiger charge is -2.04. The molecule has 0 aliphatic carbocycles. The largest absolute Gasteiger partial charge is 0.380 e. The highest BCUT2D eigenvalue weighted by molar-refractivity contribution is 7.91. The van der Waals surface area contributed by atoms with Gasteiger partial charge < -0.3 is 10.5 Å². The number of sulfonamides is 1. The van der Waals surface area contributed by atoms with Gasteiger partial charge in [0.05, 0.1) is 6.61 Å². The molecule has 0 bridgehead atoms. The Hall–Kier alpha value is -0.470. The maximum absolute atomic E-state index is 11.7. The lowest BCUT2D eigenvalue weighted by Crippen LogP contribution is -2.26. The SMILES string of the molecule is CCOCCNS(=O)(=O)c1ccc(CN)s1. The highest BCUT2D eigenvalue weighted by Gasteiger charge is 2.15. The van der Waals surface area contributed by atoms with Crippen molar-refractivity contribution in [2.45, 2.75) is 17.7 Å². The quantitative estimate of drug-likeness (QED) is 0.704. The molecule has 0 aliphatic rings. The summed E-state index contributed by atoms with van der Waals surface area (Å²) in [5.74, 6) is 0. The molecule has 0 aliphatic heterocycles. The summed E-state index contributed by atoms with van der Waals surface area (Å²) in [7, 11) is -3.40. The van der Waals surface area contributed by atoms with Gasteiger partial charge >= 0.3 is 0 Å². The van der Waals surface area contributed by atoms with Crippen LogP contribution in [0.25, 0.3) is 0 Å². The second kappa shape index (κ2) is 6.31. The summed E-state index contributed by atoms with van der Waals surface area (Å²) < 4.78 is 31.3.